The van der Waals surface area contributed by atoms with Crippen molar-refractivity contribution in [2.24, 2.45) is 0 Å². The van der Waals surface area contributed by atoms with Gasteiger partial charge in [-0.3, -0.25) is 0 Å². The molecule has 0 amide bonds. The van der Waals surface area contributed by atoms with Crippen LogP contribution in [0, 0.1) is 3.57 Å². The Bertz CT molecular complexity index is 588. The molecule has 7 heteroatoms. The van der Waals surface area contributed by atoms with Crippen LogP contribution in [-0.2, 0) is 4.74 Å². The normalized spacial score (nSPS) is 24.1. The maximum absolute atomic E-state index is 9.30. The minimum Gasteiger partial charge on any atom is -0.394 e. The molecule has 1 aliphatic rings. The first-order valence-electron chi connectivity index (χ1n) is 6.18. The largest absolute Gasteiger partial charge is 0.394 e. The van der Waals surface area contributed by atoms with Crippen molar-refractivity contribution in [2.45, 2.75) is 19.1 Å². The Morgan fingerprint density at radius 1 is 1.47 bits per heavy atom. The summed E-state index contributed by atoms with van der Waals surface area (Å²) in [6, 6.07) is 4.07. The highest BCUT2D eigenvalue weighted by Crippen LogP contribution is 2.23. The third-order valence-corrected chi connectivity index (χ3v) is 4.05. The highest BCUT2D eigenvalue weighted by molar-refractivity contribution is 14.1. The summed E-state index contributed by atoms with van der Waals surface area (Å²) in [7, 11) is 0. The number of hydrogen-bond acceptors (Lipinski definition) is 5. The van der Waals surface area contributed by atoms with E-state index in [0.717, 1.165) is 21.6 Å². The van der Waals surface area contributed by atoms with E-state index in [4.69, 9.17) is 4.74 Å². The molecule has 0 unspecified atom stereocenters. The van der Waals surface area contributed by atoms with E-state index in [1.807, 2.05) is 23.6 Å². The van der Waals surface area contributed by atoms with Crippen LogP contribution in [-0.4, -0.2) is 51.6 Å². The summed E-state index contributed by atoms with van der Waals surface area (Å²) in [5, 5.41) is 13.6. The topological polar surface area (TPSA) is 62.9 Å². The summed E-state index contributed by atoms with van der Waals surface area (Å²) in [4.78, 5) is 6.46. The number of nitrogens with zero attached hydrogens (tertiary/aromatic N) is 4. The van der Waals surface area contributed by atoms with Crippen molar-refractivity contribution < 1.29 is 9.84 Å². The van der Waals surface area contributed by atoms with Crippen molar-refractivity contribution in [3.05, 3.63) is 22.0 Å². The number of halogens is 1. The quantitative estimate of drug-likeness (QED) is 0.793. The molecule has 1 aliphatic heterocycles. The van der Waals surface area contributed by atoms with Gasteiger partial charge in [-0.05, 0) is 41.6 Å². The minimum atomic E-state index is -0.151. The number of morpholine rings is 1. The molecule has 0 aromatic carbocycles. The number of fused-ring (bicyclic) bond motifs is 1. The van der Waals surface area contributed by atoms with Gasteiger partial charge < -0.3 is 14.7 Å². The molecule has 0 bridgehead atoms. The van der Waals surface area contributed by atoms with Crippen LogP contribution in [0.15, 0.2) is 18.5 Å². The number of pyridine rings is 1. The number of rotatable bonds is 2. The summed E-state index contributed by atoms with van der Waals surface area (Å²) >= 11 is 2.25. The molecule has 3 heterocycles. The maximum atomic E-state index is 9.30. The van der Waals surface area contributed by atoms with E-state index >= 15 is 0 Å². The van der Waals surface area contributed by atoms with E-state index in [-0.39, 0.29) is 18.8 Å². The highest BCUT2D eigenvalue weighted by atomic mass is 127. The van der Waals surface area contributed by atoms with Crippen LogP contribution in [0.4, 0.5) is 5.82 Å². The van der Waals surface area contributed by atoms with E-state index in [1.165, 1.54) is 0 Å². The van der Waals surface area contributed by atoms with E-state index in [2.05, 4.69) is 37.6 Å². The third-order valence-electron chi connectivity index (χ3n) is 3.21. The summed E-state index contributed by atoms with van der Waals surface area (Å²) in [5.74, 6) is 0.988. The molecule has 0 radical (unpaired) electrons. The van der Waals surface area contributed by atoms with Gasteiger partial charge in [0.05, 0.1) is 22.4 Å². The summed E-state index contributed by atoms with van der Waals surface area (Å²) < 4.78 is 8.58. The fraction of sp³-hybridized carbons (Fsp3) is 0.500. The van der Waals surface area contributed by atoms with Crippen molar-refractivity contribution in [1.82, 2.24) is 14.6 Å². The predicted octanol–water partition coefficient (Wildman–Crippen LogP) is 0.920. The first-order valence-corrected chi connectivity index (χ1v) is 7.26. The number of aliphatic hydroxyl groups excluding tert-OH is 1. The Balaban J connectivity index is 1.99. The van der Waals surface area contributed by atoms with Crippen LogP contribution in [0.5, 0.6) is 0 Å². The Kier molecular flexibility index (Phi) is 3.59. The predicted molar refractivity (Wildman–Crippen MR) is 79.3 cm³/mol. The van der Waals surface area contributed by atoms with Gasteiger partial charge in [0.1, 0.15) is 12.1 Å². The smallest absolute Gasteiger partial charge is 0.170 e. The van der Waals surface area contributed by atoms with Gasteiger partial charge in [0.2, 0.25) is 0 Å². The van der Waals surface area contributed by atoms with Crippen LogP contribution in [0.3, 0.4) is 0 Å². The van der Waals surface area contributed by atoms with Crippen LogP contribution in [0.1, 0.15) is 6.92 Å². The Morgan fingerprint density at radius 2 is 2.32 bits per heavy atom. The molecule has 0 saturated carbocycles. The van der Waals surface area contributed by atoms with Gasteiger partial charge in [-0.25, -0.2) is 4.98 Å². The van der Waals surface area contributed by atoms with Gasteiger partial charge in [-0.2, -0.15) is 9.61 Å². The van der Waals surface area contributed by atoms with Gasteiger partial charge in [-0.1, -0.05) is 0 Å². The molecule has 2 atom stereocenters. The van der Waals surface area contributed by atoms with Crippen molar-refractivity contribution in [2.75, 3.05) is 24.6 Å². The molecule has 0 spiro atoms. The van der Waals surface area contributed by atoms with Crippen molar-refractivity contribution in [1.29, 1.82) is 0 Å². The fourth-order valence-corrected chi connectivity index (χ4v) is 2.98. The molecular weight excluding hydrogens is 359 g/mol. The van der Waals surface area contributed by atoms with Crippen molar-refractivity contribution >= 4 is 34.1 Å². The van der Waals surface area contributed by atoms with Gasteiger partial charge >= 0.3 is 0 Å². The zero-order valence-corrected chi connectivity index (χ0v) is 12.7. The van der Waals surface area contributed by atoms with Crippen LogP contribution in [0.25, 0.3) is 5.65 Å². The van der Waals surface area contributed by atoms with E-state index in [1.54, 1.807) is 6.33 Å². The lowest BCUT2D eigenvalue weighted by Crippen LogP contribution is -2.48. The van der Waals surface area contributed by atoms with Gasteiger partial charge in [0.25, 0.3) is 0 Å². The molecule has 1 fully saturated rings. The molecule has 1 saturated heterocycles. The Morgan fingerprint density at radius 3 is 3.11 bits per heavy atom. The molecule has 19 heavy (non-hydrogen) atoms. The second-order valence-electron chi connectivity index (χ2n) is 4.69. The molecule has 3 rings (SSSR count). The first-order chi connectivity index (χ1) is 9.19. The zero-order chi connectivity index (χ0) is 13.4. The molecule has 0 aliphatic carbocycles. The first kappa shape index (κ1) is 13.1. The molecule has 1 N–H and O–H groups in total. The molecule has 2 aromatic rings. The lowest BCUT2D eigenvalue weighted by Gasteiger charge is -2.37. The number of aromatic nitrogens is 3. The van der Waals surface area contributed by atoms with E-state index < -0.39 is 0 Å². The number of anilines is 1. The number of ether oxygens (including phenoxy) is 1. The maximum Gasteiger partial charge on any atom is 0.170 e. The monoisotopic (exact) mass is 374 g/mol. The summed E-state index contributed by atoms with van der Waals surface area (Å²) in [6.07, 6.45) is 1.50. The standard InChI is InChI=1S/C12H15IN4O2/c1-8-4-16(5-9(6-18)19-8)11-3-2-10(13)12-14-7-15-17(11)12/h2-3,7-9,18H,4-6H2,1H3/t8-,9-/m1/s1. The average Bonchev–Trinajstić information content (AvgIpc) is 2.88. The third kappa shape index (κ3) is 2.41. The lowest BCUT2D eigenvalue weighted by molar-refractivity contribution is -0.0423. The lowest BCUT2D eigenvalue weighted by atomic mass is 10.2. The molecular formula is C12H15IN4O2. The van der Waals surface area contributed by atoms with Gasteiger partial charge in [-0.15, -0.1) is 0 Å². The number of hydrogen-bond donors (Lipinski definition) is 1. The second-order valence-corrected chi connectivity index (χ2v) is 5.85. The second kappa shape index (κ2) is 5.22. The molecule has 2 aromatic heterocycles. The zero-order valence-electron chi connectivity index (χ0n) is 10.5. The van der Waals surface area contributed by atoms with Crippen LogP contribution >= 0.6 is 22.6 Å². The van der Waals surface area contributed by atoms with Crippen LogP contribution in [0.2, 0.25) is 0 Å². The molecule has 102 valence electrons. The summed E-state index contributed by atoms with van der Waals surface area (Å²) in [5.41, 5.74) is 0.859. The SMILES string of the molecule is C[C@@H]1CN(c2ccc(I)c3ncnn23)C[C@H](CO)O1. The van der Waals surface area contributed by atoms with Gasteiger partial charge in [0, 0.05) is 13.1 Å². The van der Waals surface area contributed by atoms with E-state index in [0.29, 0.717) is 6.54 Å². The van der Waals surface area contributed by atoms with Crippen LogP contribution < -0.4 is 4.90 Å². The minimum absolute atomic E-state index is 0.0334. The average molecular weight is 374 g/mol. The molecule has 6 nitrogen and oxygen atoms in total. The van der Waals surface area contributed by atoms with E-state index in [9.17, 15) is 5.11 Å². The Labute approximate surface area is 124 Å². The highest BCUT2D eigenvalue weighted by Gasteiger charge is 2.26. The van der Waals surface area contributed by atoms with Crippen molar-refractivity contribution in [3.8, 4) is 0 Å². The fourth-order valence-electron chi connectivity index (χ4n) is 2.44. The number of aliphatic hydroxyl groups is 1. The Hall–Kier alpha value is -0.930. The summed E-state index contributed by atoms with van der Waals surface area (Å²) in [6.45, 7) is 3.49. The van der Waals surface area contributed by atoms with Crippen molar-refractivity contribution in [3.63, 3.8) is 0 Å². The van der Waals surface area contributed by atoms with Gasteiger partial charge in [0.15, 0.2) is 5.65 Å².